The number of carbonyl (C=O) groups excluding carboxylic acids is 2. The Bertz CT molecular complexity index is 948. The number of hydrogen-bond acceptors (Lipinski definition) is 5. The van der Waals surface area contributed by atoms with Crippen molar-refractivity contribution in [2.24, 2.45) is 11.8 Å². The monoisotopic (exact) mass is 386 g/mol. The molecule has 8 heteroatoms. The fourth-order valence-electron chi connectivity index (χ4n) is 3.93. The molecular formula is C19H15ClN2O5. The topological polar surface area (TPSA) is 107 Å². The summed E-state index contributed by atoms with van der Waals surface area (Å²) >= 11 is 6.01. The molecule has 2 aromatic rings. The van der Waals surface area contributed by atoms with Crippen molar-refractivity contribution in [2.45, 2.75) is 12.1 Å². The molecule has 0 bridgehead atoms. The lowest BCUT2D eigenvalue weighted by Gasteiger charge is -2.22. The van der Waals surface area contributed by atoms with Gasteiger partial charge in [-0.3, -0.25) is 19.7 Å². The van der Waals surface area contributed by atoms with E-state index in [1.807, 2.05) is 0 Å². The maximum atomic E-state index is 13.1. The third-order valence-corrected chi connectivity index (χ3v) is 5.32. The van der Waals surface area contributed by atoms with Gasteiger partial charge >= 0.3 is 5.97 Å². The van der Waals surface area contributed by atoms with Crippen molar-refractivity contribution in [3.63, 3.8) is 0 Å². The third kappa shape index (κ3) is 2.67. The van der Waals surface area contributed by atoms with E-state index in [2.05, 4.69) is 5.32 Å². The van der Waals surface area contributed by atoms with Crippen molar-refractivity contribution in [3.05, 3.63) is 59.1 Å². The van der Waals surface area contributed by atoms with Crippen LogP contribution >= 0.6 is 11.6 Å². The highest BCUT2D eigenvalue weighted by Crippen LogP contribution is 2.47. The first-order valence-electron chi connectivity index (χ1n) is 8.30. The van der Waals surface area contributed by atoms with Gasteiger partial charge in [0.05, 0.1) is 17.5 Å². The number of nitrogens with one attached hydrogen (secondary N) is 1. The highest BCUT2D eigenvalue weighted by Gasteiger charge is 2.61. The van der Waals surface area contributed by atoms with Crippen LogP contribution in [0.5, 0.6) is 5.75 Å². The number of imide groups is 1. The lowest BCUT2D eigenvalue weighted by Crippen LogP contribution is -2.43. The minimum Gasteiger partial charge on any atom is -0.508 e. The van der Waals surface area contributed by atoms with Gasteiger partial charge in [0.25, 0.3) is 0 Å². The van der Waals surface area contributed by atoms with Crippen LogP contribution in [0, 0.1) is 11.8 Å². The van der Waals surface area contributed by atoms with Gasteiger partial charge in [0, 0.05) is 16.6 Å². The number of benzene rings is 2. The molecule has 4 unspecified atom stereocenters. The first-order valence-corrected chi connectivity index (χ1v) is 8.68. The van der Waals surface area contributed by atoms with E-state index in [-0.39, 0.29) is 11.3 Å². The average Bonchev–Trinajstić information content (AvgIpc) is 3.15. The van der Waals surface area contributed by atoms with Crippen molar-refractivity contribution < 1.29 is 24.6 Å². The smallest absolute Gasteiger partial charge is 0.321 e. The average molecular weight is 387 g/mol. The normalized spacial score (nSPS) is 27.1. The third-order valence-electron chi connectivity index (χ3n) is 5.08. The molecule has 2 fully saturated rings. The maximum absolute atomic E-state index is 13.1. The van der Waals surface area contributed by atoms with E-state index in [4.69, 9.17) is 11.6 Å². The van der Waals surface area contributed by atoms with Gasteiger partial charge in [-0.25, -0.2) is 4.90 Å². The summed E-state index contributed by atoms with van der Waals surface area (Å²) in [5, 5.41) is 22.9. The van der Waals surface area contributed by atoms with Gasteiger partial charge in [-0.15, -0.1) is 0 Å². The molecule has 4 rings (SSSR count). The second kappa shape index (κ2) is 6.37. The molecule has 0 aromatic heterocycles. The minimum atomic E-state index is -1.25. The molecule has 4 atom stereocenters. The van der Waals surface area contributed by atoms with Crippen LogP contribution in [0.3, 0.4) is 0 Å². The molecule has 0 radical (unpaired) electrons. The Kier molecular flexibility index (Phi) is 4.13. The highest BCUT2D eigenvalue weighted by molar-refractivity contribution is 6.30. The Morgan fingerprint density at radius 1 is 1.04 bits per heavy atom. The quantitative estimate of drug-likeness (QED) is 0.696. The number of anilines is 1. The number of fused-ring (bicyclic) bond motifs is 1. The van der Waals surface area contributed by atoms with E-state index in [9.17, 15) is 24.6 Å². The SMILES string of the molecule is O=C(O)C1NC(c2cc(Cl)ccc2O)C2C(=O)N(c3ccccc3)C(=O)C12. The Morgan fingerprint density at radius 2 is 1.70 bits per heavy atom. The number of carbonyl (C=O) groups is 3. The first kappa shape index (κ1) is 17.5. The summed E-state index contributed by atoms with van der Waals surface area (Å²) < 4.78 is 0. The largest absolute Gasteiger partial charge is 0.508 e. The molecule has 2 aromatic carbocycles. The molecule has 2 amide bonds. The number of carboxylic acid groups (broad SMARTS) is 1. The van der Waals surface area contributed by atoms with Crippen molar-refractivity contribution >= 4 is 35.1 Å². The Morgan fingerprint density at radius 3 is 2.37 bits per heavy atom. The fraction of sp³-hybridized carbons (Fsp3) is 0.211. The van der Waals surface area contributed by atoms with E-state index in [0.29, 0.717) is 10.7 Å². The Hall–Kier alpha value is -2.90. The minimum absolute atomic E-state index is 0.125. The number of para-hydroxylation sites is 1. The molecule has 27 heavy (non-hydrogen) atoms. The van der Waals surface area contributed by atoms with Gasteiger partial charge in [-0.05, 0) is 30.3 Å². The molecule has 0 aliphatic carbocycles. The van der Waals surface area contributed by atoms with E-state index in [1.165, 1.54) is 18.2 Å². The Balaban J connectivity index is 1.81. The summed E-state index contributed by atoms with van der Waals surface area (Å²) in [6.07, 6.45) is 0. The predicted molar refractivity (Wildman–Crippen MR) is 96.3 cm³/mol. The Labute approximate surface area is 159 Å². The van der Waals surface area contributed by atoms with Gasteiger partial charge in [-0.2, -0.15) is 0 Å². The lowest BCUT2D eigenvalue weighted by atomic mass is 9.86. The fourth-order valence-corrected chi connectivity index (χ4v) is 4.11. The number of phenolic OH excluding ortho intramolecular Hbond substituents is 1. The molecule has 2 heterocycles. The number of phenols is 1. The second-order valence-electron chi connectivity index (χ2n) is 6.56. The first-order chi connectivity index (χ1) is 12.9. The zero-order valence-corrected chi connectivity index (χ0v) is 14.6. The molecule has 7 nitrogen and oxygen atoms in total. The molecule has 2 aliphatic heterocycles. The van der Waals surface area contributed by atoms with Gasteiger partial charge in [0.15, 0.2) is 0 Å². The van der Waals surface area contributed by atoms with E-state index in [1.54, 1.807) is 30.3 Å². The van der Waals surface area contributed by atoms with Crippen molar-refractivity contribution in [1.82, 2.24) is 5.32 Å². The summed E-state index contributed by atoms with van der Waals surface area (Å²) in [5.41, 5.74) is 0.678. The number of halogens is 1. The number of rotatable bonds is 3. The van der Waals surface area contributed by atoms with Gasteiger partial charge in [-0.1, -0.05) is 29.8 Å². The van der Waals surface area contributed by atoms with Crippen LogP contribution in [0.1, 0.15) is 11.6 Å². The molecule has 2 saturated heterocycles. The van der Waals surface area contributed by atoms with Crippen LogP contribution in [0.25, 0.3) is 0 Å². The van der Waals surface area contributed by atoms with E-state index in [0.717, 1.165) is 4.90 Å². The van der Waals surface area contributed by atoms with Gasteiger partial charge < -0.3 is 10.2 Å². The predicted octanol–water partition coefficient (Wildman–Crippen LogP) is 1.95. The molecule has 138 valence electrons. The van der Waals surface area contributed by atoms with Crippen LogP contribution in [-0.2, 0) is 14.4 Å². The standard InChI is InChI=1S/C19H15ClN2O5/c20-9-6-7-12(23)11(8-9)15-13-14(16(21-15)19(26)27)18(25)22(17(13)24)10-4-2-1-3-5-10/h1-8,13-16,21,23H,(H,26,27). The number of aromatic hydroxyl groups is 1. The van der Waals surface area contributed by atoms with E-state index < -0.39 is 41.7 Å². The second-order valence-corrected chi connectivity index (χ2v) is 7.00. The molecule has 3 N–H and O–H groups in total. The highest BCUT2D eigenvalue weighted by atomic mass is 35.5. The number of nitrogens with zero attached hydrogens (tertiary/aromatic N) is 1. The van der Waals surface area contributed by atoms with Crippen LogP contribution in [0.2, 0.25) is 5.02 Å². The summed E-state index contributed by atoms with van der Waals surface area (Å²) in [7, 11) is 0. The summed E-state index contributed by atoms with van der Waals surface area (Å²) in [4.78, 5) is 38.8. The zero-order chi connectivity index (χ0) is 19.3. The van der Waals surface area contributed by atoms with E-state index >= 15 is 0 Å². The van der Waals surface area contributed by atoms with Crippen LogP contribution in [-0.4, -0.2) is 34.0 Å². The van der Waals surface area contributed by atoms with Gasteiger partial charge in [0.1, 0.15) is 11.8 Å². The molecule has 2 aliphatic rings. The summed E-state index contributed by atoms with van der Waals surface area (Å²) in [6, 6.07) is 10.6. The van der Waals surface area contributed by atoms with Crippen LogP contribution in [0.15, 0.2) is 48.5 Å². The number of aliphatic carboxylic acids is 1. The van der Waals surface area contributed by atoms with Crippen molar-refractivity contribution in [1.29, 1.82) is 0 Å². The molecule has 0 saturated carbocycles. The lowest BCUT2D eigenvalue weighted by molar-refractivity contribution is -0.142. The molecular weight excluding hydrogens is 372 g/mol. The number of amides is 2. The van der Waals surface area contributed by atoms with Crippen molar-refractivity contribution in [3.8, 4) is 5.75 Å². The maximum Gasteiger partial charge on any atom is 0.321 e. The summed E-state index contributed by atoms with van der Waals surface area (Å²) in [6.45, 7) is 0. The number of hydrogen-bond donors (Lipinski definition) is 3. The van der Waals surface area contributed by atoms with Crippen LogP contribution in [0.4, 0.5) is 5.69 Å². The number of carboxylic acids is 1. The van der Waals surface area contributed by atoms with Crippen LogP contribution < -0.4 is 10.2 Å². The zero-order valence-electron chi connectivity index (χ0n) is 13.9. The van der Waals surface area contributed by atoms with Crippen molar-refractivity contribution in [2.75, 3.05) is 4.90 Å². The summed E-state index contributed by atoms with van der Waals surface area (Å²) in [5.74, 6) is -4.45. The molecule has 0 spiro atoms. The van der Waals surface area contributed by atoms with Gasteiger partial charge in [0.2, 0.25) is 11.8 Å².